The van der Waals surface area contributed by atoms with Crippen molar-refractivity contribution in [2.75, 3.05) is 0 Å². The summed E-state index contributed by atoms with van der Waals surface area (Å²) < 4.78 is 230. The van der Waals surface area contributed by atoms with Gasteiger partial charge in [0, 0.05) is 148 Å². The van der Waals surface area contributed by atoms with E-state index in [2.05, 4.69) is 29.9 Å². The molecule has 0 aliphatic rings. The number of nitrogens with zero attached hydrogens (tertiary/aromatic N) is 12. The SMILES string of the molecule is [2H]C([2H])([2H])c1cc(-c2ccccc2)cc(C([2H])([2H])[2H])c1-c1ccc[n+](C)c1-c1ccncc1C.[2H]C([2H])([2H])c1cc(-c2ccccc2)ccc1-c1ccc[n+](C)c1-c1ccncc1C.[2H]C([2H])([2H])c1cc(C)cc(C([2H])([2H])[2H])c1-c1ccc[n+](C)c1-c1ccncc1C.[2H]C([2H])([2H])c1cc(C)ccc1-c1ccc[n+](C)c1-c1ccncc1C.[2H]C([2H])([2H])c1cccc(C([2H])([2H])[2H])c1-c1ccc[n+](C)c1-c1ccncc1C.[2H]C([2H])([2H])c1ccccc1-c1ccc[n+](C)c1-c1ccncc1C. The lowest BCUT2D eigenvalue weighted by molar-refractivity contribution is -0.660. The maximum Gasteiger partial charge on any atom is 0.220 e. The minimum Gasteiger partial charge on any atom is -0.264 e. The molecule has 0 aliphatic carbocycles. The highest BCUT2D eigenvalue weighted by molar-refractivity contribution is 5.90. The molecule has 0 unspecified atom stereocenters. The first kappa shape index (κ1) is 71.1. The Labute approximate surface area is 885 Å². The monoisotopic (exact) mass is 1900 g/mol. The molecule has 12 nitrogen and oxygen atoms in total. The second kappa shape index (κ2) is 46.1. The van der Waals surface area contributed by atoms with Gasteiger partial charge < -0.3 is 0 Å². The van der Waals surface area contributed by atoms with Crippen molar-refractivity contribution >= 4 is 0 Å². The van der Waals surface area contributed by atoms with E-state index in [4.69, 9.17) is 37.0 Å². The van der Waals surface area contributed by atoms with Crippen molar-refractivity contribution in [2.24, 2.45) is 42.3 Å². The average molecular weight is 1900 g/mol. The average Bonchev–Trinajstić information content (AvgIpc) is 0.806. The highest BCUT2D eigenvalue weighted by Crippen LogP contribution is 2.43. The molecule has 0 N–H and O–H groups in total. The number of hydrogen-bond acceptors (Lipinski definition) is 6. The summed E-state index contributed by atoms with van der Waals surface area (Å²) in [6, 6.07) is 82.4. The van der Waals surface area contributed by atoms with E-state index >= 15 is 0 Å². The van der Waals surface area contributed by atoms with Crippen molar-refractivity contribution in [2.45, 2.75) is 117 Å². The first-order valence-corrected chi connectivity index (χ1v) is 46.8. The van der Waals surface area contributed by atoms with Crippen LogP contribution in [-0.2, 0) is 42.3 Å². The molecule has 0 aliphatic heterocycles. The van der Waals surface area contributed by atoms with E-state index in [9.17, 15) is 0 Å². The van der Waals surface area contributed by atoms with Gasteiger partial charge in [0.2, 0.25) is 34.2 Å². The lowest BCUT2D eigenvalue weighted by Gasteiger charge is -2.16. The van der Waals surface area contributed by atoms with Crippen LogP contribution in [0.1, 0.15) is 132 Å². The lowest BCUT2D eigenvalue weighted by atomic mass is 9.89. The van der Waals surface area contributed by atoms with Crippen molar-refractivity contribution in [3.05, 3.63) is 479 Å². The van der Waals surface area contributed by atoms with Gasteiger partial charge in [0.05, 0.1) is 66.8 Å². The van der Waals surface area contributed by atoms with Gasteiger partial charge in [0.25, 0.3) is 0 Å². The predicted molar refractivity (Wildman–Crippen MR) is 589 cm³/mol. The summed E-state index contributed by atoms with van der Waals surface area (Å²) in [5.74, 6) is 0. The largest absolute Gasteiger partial charge is 0.264 e. The van der Waals surface area contributed by atoms with Crippen LogP contribution in [0.15, 0.2) is 385 Å². The molecule has 0 saturated carbocycles. The maximum absolute atomic E-state index is 8.33. The van der Waals surface area contributed by atoms with Crippen molar-refractivity contribution < 1.29 is 64.4 Å². The van der Waals surface area contributed by atoms with E-state index in [1.807, 2.05) is 344 Å². The zero-order valence-electron chi connectivity index (χ0n) is 110. The molecule has 143 heavy (non-hydrogen) atoms. The van der Waals surface area contributed by atoms with Crippen LogP contribution in [0.2, 0.25) is 0 Å². The summed E-state index contributed by atoms with van der Waals surface area (Å²) >= 11 is 0. The zero-order valence-corrected chi connectivity index (χ0v) is 82.7. The number of aryl methyl sites for hydroxylation is 23. The van der Waals surface area contributed by atoms with Crippen molar-refractivity contribution in [1.82, 2.24) is 29.9 Å². The first-order valence-electron chi connectivity index (χ1n) is 60.3. The van der Waals surface area contributed by atoms with E-state index in [1.165, 1.54) is 18.2 Å². The molecular formula is C131H132N12+6. The summed E-state index contributed by atoms with van der Waals surface area (Å²) in [5.41, 5.74) is 30.0. The van der Waals surface area contributed by atoms with Crippen LogP contribution in [0.5, 0.6) is 0 Å². The second-order valence-electron chi connectivity index (χ2n) is 35.4. The molecule has 12 heterocycles. The predicted octanol–water partition coefficient (Wildman–Crippen LogP) is 28.0. The standard InChI is InChI=1S/C26H25N2.C25H23N2.C21H23N2.2C20H21N2.C19H19N2/c1-18-15-22(21-9-6-5-7-10-21)16-19(2)25(18)24-11-8-14-28(4)26(24)23-12-13-27-17-20(23)3;1-18-16-21(20-8-5-4-6-9-20)11-12-22(18)24-10-7-15-27(3)25(24)23-13-14-26-17-19(23)2;1-14-11-15(2)20(16(3)12-14)19-7-6-10-23(5)21(19)18-8-9-22-13-17(18)4;1-14-7-5-8-15(2)19(14)18-9-6-12-22(4)20(18)17-10-11-21-13-16(17)3;1-14-7-8-17(15(2)12-14)19-6-5-11-22(4)20(19)18-9-10-21-13-16(18)3;1-14-7-4-5-8-16(14)18-9-6-12-21(3)19(18)17-10-11-20-13-15(17)2/h5-17H,1-4H3;4-17H,1-3H3;6-13H,1-5H3;2*5-13H,1-4H3;4-13H,1-3H3/q6*+1/i1D3,2D3;1D3;2D3,3D3;1D3,2D3;2D3;1D3. The van der Waals surface area contributed by atoms with E-state index < -0.39 is 61.7 Å². The van der Waals surface area contributed by atoms with E-state index in [0.717, 1.165) is 157 Å². The fraction of sp³-hybridized carbons (Fsp3) is 0.176. The van der Waals surface area contributed by atoms with Crippen LogP contribution in [0.3, 0.4) is 0 Å². The normalized spacial score (nSPS) is 14.3. The molecule has 12 heteroatoms. The Balaban J connectivity index is 0.000000150. The van der Waals surface area contributed by atoms with Crippen LogP contribution >= 0.6 is 0 Å². The molecule has 0 radical (unpaired) electrons. The van der Waals surface area contributed by atoms with Crippen LogP contribution in [0, 0.1) is 117 Å². The summed E-state index contributed by atoms with van der Waals surface area (Å²) in [5, 5.41) is 0. The fourth-order valence-corrected chi connectivity index (χ4v) is 18.2. The van der Waals surface area contributed by atoms with Crippen LogP contribution in [0.4, 0.5) is 0 Å². The van der Waals surface area contributed by atoms with E-state index in [-0.39, 0.29) is 50.1 Å². The van der Waals surface area contributed by atoms with Gasteiger partial charge in [0.15, 0.2) is 37.2 Å². The Kier molecular flexibility index (Phi) is 22.9. The molecule has 0 amide bonds. The van der Waals surface area contributed by atoms with Gasteiger partial charge in [-0.25, -0.2) is 27.4 Å². The van der Waals surface area contributed by atoms with Gasteiger partial charge in [-0.3, -0.25) is 29.9 Å². The van der Waals surface area contributed by atoms with Crippen LogP contribution in [-0.4, -0.2) is 29.9 Å². The third-order valence-electron chi connectivity index (χ3n) is 25.2. The molecule has 20 aromatic rings. The van der Waals surface area contributed by atoms with Gasteiger partial charge >= 0.3 is 0 Å². The van der Waals surface area contributed by atoms with Crippen LogP contribution < -0.4 is 27.4 Å². The topological polar surface area (TPSA) is 101 Å². The number of hydrogen-bond donors (Lipinski definition) is 0. The van der Waals surface area contributed by atoms with Crippen molar-refractivity contribution in [3.63, 3.8) is 0 Å². The van der Waals surface area contributed by atoms with Crippen LogP contribution in [0.25, 0.3) is 157 Å². The zero-order chi connectivity index (χ0) is 124. The maximum atomic E-state index is 8.33. The number of pyridine rings is 12. The molecule has 0 saturated heterocycles. The summed E-state index contributed by atoms with van der Waals surface area (Å²) in [6.07, 6.45) is 32.5. The molecule has 8 aromatic carbocycles. The Morgan fingerprint density at radius 1 is 0.168 bits per heavy atom. The Morgan fingerprint density at radius 3 is 0.741 bits per heavy atom. The Hall–Kier alpha value is -16.4. The van der Waals surface area contributed by atoms with Crippen molar-refractivity contribution in [1.29, 1.82) is 0 Å². The molecular weight excluding hydrogens is 1740 g/mol. The molecule has 0 bridgehead atoms. The molecule has 12 aromatic heterocycles. The van der Waals surface area contributed by atoms with Gasteiger partial charge in [-0.15, -0.1) is 0 Å². The minimum absolute atomic E-state index is 0.0131. The van der Waals surface area contributed by atoms with Gasteiger partial charge in [-0.2, -0.15) is 0 Å². The molecule has 0 atom stereocenters. The number of rotatable bonds is 14. The highest BCUT2D eigenvalue weighted by Gasteiger charge is 2.29. The third-order valence-corrected chi connectivity index (χ3v) is 25.2. The molecule has 0 spiro atoms. The quantitative estimate of drug-likeness (QED) is 0.101. The Bertz CT molecular complexity index is 9030. The van der Waals surface area contributed by atoms with Gasteiger partial charge in [0.1, 0.15) is 42.3 Å². The van der Waals surface area contributed by atoms with Gasteiger partial charge in [-0.1, -0.05) is 175 Å². The Morgan fingerprint density at radius 2 is 0.413 bits per heavy atom. The highest BCUT2D eigenvalue weighted by atomic mass is 15.0. The fourth-order valence-electron chi connectivity index (χ4n) is 18.2. The van der Waals surface area contributed by atoms with E-state index in [1.54, 1.807) is 148 Å². The first-order chi connectivity index (χ1) is 79.9. The minimum atomic E-state index is -2.53. The third kappa shape index (κ3) is 23.0. The smallest absolute Gasteiger partial charge is 0.220 e. The van der Waals surface area contributed by atoms with E-state index in [0.29, 0.717) is 44.5 Å². The summed E-state index contributed by atoms with van der Waals surface area (Å²) in [6.45, 7) is -6.00. The second-order valence-corrected chi connectivity index (χ2v) is 35.4. The summed E-state index contributed by atoms with van der Waals surface area (Å²) in [7, 11) is 11.5. The van der Waals surface area contributed by atoms with Crippen molar-refractivity contribution in [3.8, 4) is 157 Å². The number of benzene rings is 8. The number of aromatic nitrogens is 12. The van der Waals surface area contributed by atoms with Gasteiger partial charge in [-0.05, 0) is 329 Å². The molecule has 20 rings (SSSR count). The molecule has 710 valence electrons. The molecule has 0 fully saturated rings. The lowest BCUT2D eigenvalue weighted by Crippen LogP contribution is -2.31. The summed E-state index contributed by atoms with van der Waals surface area (Å²) in [4.78, 5) is 25.0.